The first kappa shape index (κ1) is 10.4. The van der Waals surface area contributed by atoms with E-state index in [1.807, 2.05) is 0 Å². The van der Waals surface area contributed by atoms with Gasteiger partial charge in [-0.3, -0.25) is 9.59 Å². The molecule has 0 unspecified atom stereocenters. The van der Waals surface area contributed by atoms with E-state index in [2.05, 4.69) is 0 Å². The van der Waals surface area contributed by atoms with Gasteiger partial charge in [0.15, 0.2) is 0 Å². The molecule has 0 atom stereocenters. The van der Waals surface area contributed by atoms with E-state index in [0.717, 1.165) is 0 Å². The number of hydrogen-bond acceptors (Lipinski definition) is 4. The SMILES string of the molecule is N#N.O=C(O)CC(=O)O. The fourth-order valence-electron chi connectivity index (χ4n) is 0.129. The fraction of sp³-hybridized carbons (Fsp3) is 0.333. The van der Waals surface area contributed by atoms with E-state index in [9.17, 15) is 9.59 Å². The quantitative estimate of drug-likeness (QED) is 0.388. The van der Waals surface area contributed by atoms with Crippen molar-refractivity contribution in [3.63, 3.8) is 0 Å². The summed E-state index contributed by atoms with van der Waals surface area (Å²) in [5, 5.41) is 27.4. The van der Waals surface area contributed by atoms with E-state index in [-0.39, 0.29) is 0 Å². The van der Waals surface area contributed by atoms with Gasteiger partial charge in [0.25, 0.3) is 0 Å². The predicted octanol–water partition coefficient (Wildman–Crippen LogP) is -0.424. The van der Waals surface area contributed by atoms with Crippen molar-refractivity contribution < 1.29 is 19.8 Å². The van der Waals surface area contributed by atoms with Crippen molar-refractivity contribution in [1.82, 2.24) is 0 Å². The first-order valence-electron chi connectivity index (χ1n) is 1.76. The van der Waals surface area contributed by atoms with Crippen LogP contribution in [0.15, 0.2) is 0 Å². The van der Waals surface area contributed by atoms with Gasteiger partial charge in [-0.25, -0.2) is 0 Å². The average molecular weight is 132 g/mol. The summed E-state index contributed by atoms with van der Waals surface area (Å²) in [6.07, 6.45) is -0.806. The van der Waals surface area contributed by atoms with E-state index in [0.29, 0.717) is 0 Å². The molecule has 0 aromatic heterocycles. The van der Waals surface area contributed by atoms with Crippen LogP contribution in [0.3, 0.4) is 0 Å². The molecular weight excluding hydrogens is 128 g/mol. The van der Waals surface area contributed by atoms with E-state index < -0.39 is 18.4 Å². The number of rotatable bonds is 2. The van der Waals surface area contributed by atoms with Crippen molar-refractivity contribution >= 4 is 11.9 Å². The van der Waals surface area contributed by atoms with Crippen LogP contribution in [0.1, 0.15) is 6.42 Å². The third kappa shape index (κ3) is 21.7. The van der Waals surface area contributed by atoms with Crippen LogP contribution < -0.4 is 0 Å². The standard InChI is InChI=1S/C3H4O4.N2/c4-2(5)1-3(6)7;1-2/h1H2,(H,4,5)(H,6,7);. The summed E-state index contributed by atoms with van der Waals surface area (Å²) in [5.74, 6) is -2.62. The molecule has 0 aromatic carbocycles. The third-order valence-electron chi connectivity index (χ3n) is 0.302. The molecule has 0 heterocycles. The second-order valence-corrected chi connectivity index (χ2v) is 0.964. The van der Waals surface area contributed by atoms with Crippen LogP contribution in [0.5, 0.6) is 0 Å². The van der Waals surface area contributed by atoms with Gasteiger partial charge in [0.05, 0.1) is 0 Å². The van der Waals surface area contributed by atoms with Gasteiger partial charge < -0.3 is 10.2 Å². The number of nitrogens with zero attached hydrogens (tertiary/aromatic N) is 2. The molecule has 0 radical (unpaired) electrons. The average Bonchev–Trinajstić information content (AvgIpc) is 1.68. The van der Waals surface area contributed by atoms with Crippen molar-refractivity contribution in [2.75, 3.05) is 0 Å². The minimum Gasteiger partial charge on any atom is -0.481 e. The highest BCUT2D eigenvalue weighted by Crippen LogP contribution is 1.74. The minimum atomic E-state index is -1.31. The minimum absolute atomic E-state index is 0.806. The lowest BCUT2D eigenvalue weighted by atomic mass is 10.5. The Morgan fingerprint density at radius 3 is 1.33 bits per heavy atom. The smallest absolute Gasteiger partial charge is 0.314 e. The largest absolute Gasteiger partial charge is 0.481 e. The van der Waals surface area contributed by atoms with Crippen molar-refractivity contribution in [3.8, 4) is 0 Å². The molecule has 0 saturated carbocycles. The van der Waals surface area contributed by atoms with Crippen LogP contribution in [0.2, 0.25) is 0 Å². The highest BCUT2D eigenvalue weighted by Gasteiger charge is 2.01. The topological polar surface area (TPSA) is 122 Å². The summed E-state index contributed by atoms with van der Waals surface area (Å²) in [6.45, 7) is 0. The number of carboxylic acid groups (broad SMARTS) is 2. The molecule has 50 valence electrons. The van der Waals surface area contributed by atoms with Gasteiger partial charge in [-0.15, -0.1) is 0 Å². The van der Waals surface area contributed by atoms with E-state index in [1.54, 1.807) is 0 Å². The molecule has 0 amide bonds. The second-order valence-electron chi connectivity index (χ2n) is 0.964. The van der Waals surface area contributed by atoms with Crippen LogP contribution in [0.25, 0.3) is 0 Å². The first-order chi connectivity index (χ1) is 4.13. The summed E-state index contributed by atoms with van der Waals surface area (Å²) in [7, 11) is 0. The van der Waals surface area contributed by atoms with Crippen molar-refractivity contribution in [2.24, 2.45) is 0 Å². The van der Waals surface area contributed by atoms with Crippen LogP contribution in [-0.2, 0) is 9.59 Å². The summed E-state index contributed by atoms with van der Waals surface area (Å²) < 4.78 is 0. The molecule has 6 nitrogen and oxygen atoms in total. The van der Waals surface area contributed by atoms with Gasteiger partial charge in [-0.1, -0.05) is 0 Å². The molecule has 6 heteroatoms. The van der Waals surface area contributed by atoms with Gasteiger partial charge in [-0.2, -0.15) is 0 Å². The highest BCUT2D eigenvalue weighted by molar-refractivity contribution is 5.88. The van der Waals surface area contributed by atoms with E-state index in [4.69, 9.17) is 21.0 Å². The second kappa shape index (κ2) is 6.36. The lowest BCUT2D eigenvalue weighted by Crippen LogP contribution is -2.03. The monoisotopic (exact) mass is 132 g/mol. The Labute approximate surface area is 50.1 Å². The summed E-state index contributed by atoms with van der Waals surface area (Å²) in [6, 6.07) is 0. The molecule has 2 N–H and O–H groups in total. The normalized spacial score (nSPS) is 6.44. The highest BCUT2D eigenvalue weighted by atomic mass is 16.4. The lowest BCUT2D eigenvalue weighted by Gasteiger charge is -1.80. The zero-order chi connectivity index (χ0) is 7.86. The van der Waals surface area contributed by atoms with Crippen LogP contribution >= 0.6 is 0 Å². The van der Waals surface area contributed by atoms with Crippen LogP contribution in [0, 0.1) is 10.8 Å². The summed E-state index contributed by atoms with van der Waals surface area (Å²) in [5.41, 5.74) is 0. The van der Waals surface area contributed by atoms with Crippen LogP contribution in [0.4, 0.5) is 0 Å². The number of carboxylic acids is 2. The third-order valence-corrected chi connectivity index (χ3v) is 0.302. The van der Waals surface area contributed by atoms with Crippen molar-refractivity contribution in [3.05, 3.63) is 0 Å². The molecule has 0 bridgehead atoms. The Bertz CT molecular complexity index is 117. The van der Waals surface area contributed by atoms with Crippen molar-refractivity contribution in [1.29, 1.82) is 10.8 Å². The molecule has 0 aromatic rings. The molecule has 0 aliphatic carbocycles. The maximum absolute atomic E-state index is 9.43. The molecular formula is C3H4N2O4. The van der Waals surface area contributed by atoms with Crippen LogP contribution in [-0.4, -0.2) is 22.2 Å². The Hall–Kier alpha value is -1.64. The van der Waals surface area contributed by atoms with E-state index >= 15 is 0 Å². The van der Waals surface area contributed by atoms with Gasteiger partial charge in [0.1, 0.15) is 6.42 Å². The lowest BCUT2D eigenvalue weighted by molar-refractivity contribution is -0.147. The molecule has 9 heavy (non-hydrogen) atoms. The number of hydrogen-bond donors (Lipinski definition) is 2. The summed E-state index contributed by atoms with van der Waals surface area (Å²) >= 11 is 0. The fourth-order valence-corrected chi connectivity index (χ4v) is 0.129. The Balaban J connectivity index is 0. The zero-order valence-electron chi connectivity index (χ0n) is 4.31. The van der Waals surface area contributed by atoms with Gasteiger partial charge in [-0.05, 0) is 0 Å². The van der Waals surface area contributed by atoms with E-state index in [1.165, 1.54) is 0 Å². The number of carbonyl (C=O) groups is 2. The zero-order valence-corrected chi connectivity index (χ0v) is 4.31. The maximum Gasteiger partial charge on any atom is 0.314 e. The Morgan fingerprint density at radius 1 is 1.11 bits per heavy atom. The molecule has 0 aliphatic rings. The molecule has 0 fully saturated rings. The van der Waals surface area contributed by atoms with Crippen molar-refractivity contribution in [2.45, 2.75) is 6.42 Å². The Kier molecular flexibility index (Phi) is 7.32. The predicted molar refractivity (Wildman–Crippen MR) is 23.3 cm³/mol. The first-order valence-corrected chi connectivity index (χ1v) is 1.76. The number of aliphatic carboxylic acids is 2. The van der Waals surface area contributed by atoms with Gasteiger partial charge in [0.2, 0.25) is 0 Å². The molecule has 0 spiro atoms. The molecule has 0 saturated heterocycles. The molecule has 0 aliphatic heterocycles. The Morgan fingerprint density at radius 2 is 1.33 bits per heavy atom. The molecule has 0 rings (SSSR count). The maximum atomic E-state index is 9.43. The van der Waals surface area contributed by atoms with Gasteiger partial charge >= 0.3 is 11.9 Å². The summed E-state index contributed by atoms with van der Waals surface area (Å²) in [4.78, 5) is 18.9. The van der Waals surface area contributed by atoms with Gasteiger partial charge in [0, 0.05) is 10.8 Å².